The predicted molar refractivity (Wildman–Crippen MR) is 77.8 cm³/mol. The normalized spacial score (nSPS) is 10.2. The Balaban J connectivity index is 3.04. The number of methoxy groups -OCH3 is 2. The number of pyridine rings is 1. The lowest BCUT2D eigenvalue weighted by Crippen LogP contribution is -2.31. The summed E-state index contributed by atoms with van der Waals surface area (Å²) in [5.41, 5.74) is -0.138. The van der Waals surface area contributed by atoms with Crippen molar-refractivity contribution in [1.29, 1.82) is 0 Å². The van der Waals surface area contributed by atoms with Gasteiger partial charge in [-0.1, -0.05) is 0 Å². The van der Waals surface area contributed by atoms with Gasteiger partial charge in [-0.2, -0.15) is 0 Å². The molecule has 1 rings (SSSR count). The number of nitrogens with one attached hydrogen (secondary N) is 1. The van der Waals surface area contributed by atoms with Crippen molar-refractivity contribution in [3.8, 4) is 0 Å². The molecule has 8 heteroatoms. The summed E-state index contributed by atoms with van der Waals surface area (Å²) in [5, 5.41) is 2.69. The number of ether oxygens (including phenoxy) is 2. The van der Waals surface area contributed by atoms with Crippen molar-refractivity contribution in [3.05, 3.63) is 29.1 Å². The van der Waals surface area contributed by atoms with E-state index in [1.807, 2.05) is 19.0 Å². The number of rotatable bonds is 6. The van der Waals surface area contributed by atoms with E-state index in [-0.39, 0.29) is 17.0 Å². The van der Waals surface area contributed by atoms with Crippen LogP contribution >= 0.6 is 0 Å². The van der Waals surface area contributed by atoms with Gasteiger partial charge in [0, 0.05) is 18.7 Å². The van der Waals surface area contributed by atoms with E-state index in [1.165, 1.54) is 26.4 Å². The Hall–Kier alpha value is -2.48. The van der Waals surface area contributed by atoms with Gasteiger partial charge in [-0.25, -0.2) is 14.6 Å². The van der Waals surface area contributed by atoms with Crippen LogP contribution < -0.4 is 5.32 Å². The second-order valence-electron chi connectivity index (χ2n) is 4.67. The molecule has 1 heterocycles. The fraction of sp³-hybridized carbons (Fsp3) is 0.429. The molecule has 0 saturated heterocycles. The van der Waals surface area contributed by atoms with Crippen LogP contribution in [0.2, 0.25) is 0 Å². The summed E-state index contributed by atoms with van der Waals surface area (Å²) >= 11 is 0. The number of aromatic nitrogens is 1. The maximum absolute atomic E-state index is 12.1. The summed E-state index contributed by atoms with van der Waals surface area (Å²) in [5.74, 6) is -1.90. The van der Waals surface area contributed by atoms with Crippen LogP contribution in [0.3, 0.4) is 0 Å². The number of amides is 1. The van der Waals surface area contributed by atoms with E-state index >= 15 is 0 Å². The minimum Gasteiger partial charge on any atom is -0.464 e. The molecular weight excluding hydrogens is 290 g/mol. The molecule has 8 nitrogen and oxygen atoms in total. The summed E-state index contributed by atoms with van der Waals surface area (Å²) in [7, 11) is 6.13. The number of hydrogen-bond acceptors (Lipinski definition) is 7. The third-order valence-corrected chi connectivity index (χ3v) is 2.72. The van der Waals surface area contributed by atoms with Crippen molar-refractivity contribution in [3.63, 3.8) is 0 Å². The highest BCUT2D eigenvalue weighted by Crippen LogP contribution is 2.09. The summed E-state index contributed by atoms with van der Waals surface area (Å²) in [4.78, 5) is 41.0. The van der Waals surface area contributed by atoms with Crippen molar-refractivity contribution in [2.24, 2.45) is 0 Å². The summed E-state index contributed by atoms with van der Waals surface area (Å²) in [6.45, 7) is 1.08. The summed E-state index contributed by atoms with van der Waals surface area (Å²) < 4.78 is 9.12. The Morgan fingerprint density at radius 2 is 1.59 bits per heavy atom. The summed E-state index contributed by atoms with van der Waals surface area (Å²) in [6.07, 6.45) is 0. The number of nitrogens with zero attached hydrogens (tertiary/aromatic N) is 2. The van der Waals surface area contributed by atoms with Gasteiger partial charge in [0.05, 0.1) is 14.2 Å². The Bertz CT molecular complexity index is 537. The molecular formula is C14H19N3O5. The molecule has 1 N–H and O–H groups in total. The van der Waals surface area contributed by atoms with Gasteiger partial charge in [-0.05, 0) is 26.2 Å². The maximum Gasteiger partial charge on any atom is 0.356 e. The van der Waals surface area contributed by atoms with Gasteiger partial charge in [0.2, 0.25) is 0 Å². The molecule has 0 atom stereocenters. The SMILES string of the molecule is COC(=O)c1cc(C(=O)NCCN(C)C)cc(C(=O)OC)n1. The lowest BCUT2D eigenvalue weighted by molar-refractivity contribution is 0.0586. The van der Waals surface area contributed by atoms with E-state index < -0.39 is 17.8 Å². The molecule has 1 aromatic rings. The fourth-order valence-corrected chi connectivity index (χ4v) is 1.58. The number of hydrogen-bond donors (Lipinski definition) is 1. The molecule has 0 aliphatic carbocycles. The lowest BCUT2D eigenvalue weighted by atomic mass is 10.1. The Labute approximate surface area is 128 Å². The maximum atomic E-state index is 12.1. The van der Waals surface area contributed by atoms with Gasteiger partial charge >= 0.3 is 11.9 Å². The first kappa shape index (κ1) is 17.6. The highest BCUT2D eigenvalue weighted by molar-refractivity contribution is 6.00. The number of likely N-dealkylation sites (N-methyl/N-ethyl adjacent to an activating group) is 1. The molecule has 0 unspecified atom stereocenters. The van der Waals surface area contributed by atoms with Gasteiger partial charge in [0.1, 0.15) is 11.4 Å². The molecule has 0 aromatic carbocycles. The Morgan fingerprint density at radius 3 is 2.00 bits per heavy atom. The first-order valence-electron chi connectivity index (χ1n) is 6.50. The van der Waals surface area contributed by atoms with E-state index in [0.717, 1.165) is 0 Å². The van der Waals surface area contributed by atoms with E-state index in [0.29, 0.717) is 13.1 Å². The smallest absolute Gasteiger partial charge is 0.356 e. The van der Waals surface area contributed by atoms with Gasteiger partial charge in [-0.15, -0.1) is 0 Å². The molecule has 0 radical (unpaired) electrons. The Morgan fingerprint density at radius 1 is 1.09 bits per heavy atom. The third kappa shape index (κ3) is 4.81. The van der Waals surface area contributed by atoms with Gasteiger partial charge in [0.25, 0.3) is 5.91 Å². The predicted octanol–water partition coefficient (Wildman–Crippen LogP) is -0.0538. The van der Waals surface area contributed by atoms with E-state index in [1.54, 1.807) is 0 Å². The zero-order valence-corrected chi connectivity index (χ0v) is 13.0. The zero-order valence-electron chi connectivity index (χ0n) is 13.0. The first-order chi connectivity index (χ1) is 10.4. The monoisotopic (exact) mass is 309 g/mol. The van der Waals surface area contributed by atoms with Crippen molar-refractivity contribution in [2.75, 3.05) is 41.4 Å². The standard InChI is InChI=1S/C14H19N3O5/c1-17(2)6-5-15-12(18)9-7-10(13(19)21-3)16-11(8-9)14(20)22-4/h7-8H,5-6H2,1-4H3,(H,15,18). The van der Waals surface area contributed by atoms with Crippen LogP contribution in [0.15, 0.2) is 12.1 Å². The van der Waals surface area contributed by atoms with Crippen LogP contribution in [0.4, 0.5) is 0 Å². The largest absolute Gasteiger partial charge is 0.464 e. The summed E-state index contributed by atoms with van der Waals surface area (Å²) in [6, 6.07) is 2.53. The number of esters is 2. The van der Waals surface area contributed by atoms with Crippen LogP contribution in [-0.4, -0.2) is 69.1 Å². The number of carbonyl (C=O) groups is 3. The van der Waals surface area contributed by atoms with E-state index in [2.05, 4.69) is 19.8 Å². The Kier molecular flexibility index (Phi) is 6.46. The van der Waals surface area contributed by atoms with Crippen molar-refractivity contribution in [2.45, 2.75) is 0 Å². The molecule has 1 amide bonds. The fourth-order valence-electron chi connectivity index (χ4n) is 1.58. The van der Waals surface area contributed by atoms with Crippen LogP contribution in [0, 0.1) is 0 Å². The second-order valence-corrected chi connectivity index (χ2v) is 4.67. The van der Waals surface area contributed by atoms with Crippen LogP contribution in [0.25, 0.3) is 0 Å². The topological polar surface area (TPSA) is 97.8 Å². The van der Waals surface area contributed by atoms with Crippen molar-refractivity contribution < 1.29 is 23.9 Å². The highest BCUT2D eigenvalue weighted by atomic mass is 16.5. The van der Waals surface area contributed by atoms with Crippen LogP contribution in [0.5, 0.6) is 0 Å². The molecule has 0 spiro atoms. The van der Waals surface area contributed by atoms with Crippen molar-refractivity contribution >= 4 is 17.8 Å². The molecule has 1 aromatic heterocycles. The van der Waals surface area contributed by atoms with Gasteiger partial charge < -0.3 is 19.7 Å². The van der Waals surface area contributed by atoms with Gasteiger partial charge in [0.15, 0.2) is 0 Å². The molecule has 22 heavy (non-hydrogen) atoms. The second kappa shape index (κ2) is 8.08. The van der Waals surface area contributed by atoms with Gasteiger partial charge in [-0.3, -0.25) is 4.79 Å². The minimum atomic E-state index is -0.743. The highest BCUT2D eigenvalue weighted by Gasteiger charge is 2.18. The molecule has 120 valence electrons. The number of carbonyl (C=O) groups excluding carboxylic acids is 3. The average molecular weight is 309 g/mol. The van der Waals surface area contributed by atoms with Crippen LogP contribution in [-0.2, 0) is 9.47 Å². The average Bonchev–Trinajstić information content (AvgIpc) is 2.52. The van der Waals surface area contributed by atoms with Crippen molar-refractivity contribution in [1.82, 2.24) is 15.2 Å². The molecule has 0 aliphatic heterocycles. The minimum absolute atomic E-state index is 0.134. The van der Waals surface area contributed by atoms with E-state index in [4.69, 9.17) is 0 Å². The molecule has 0 aliphatic rings. The molecule has 0 bridgehead atoms. The van der Waals surface area contributed by atoms with E-state index in [9.17, 15) is 14.4 Å². The lowest BCUT2D eigenvalue weighted by Gasteiger charge is -2.11. The van der Waals surface area contributed by atoms with Crippen LogP contribution in [0.1, 0.15) is 31.3 Å². The molecule has 0 fully saturated rings. The first-order valence-corrected chi connectivity index (χ1v) is 6.50. The zero-order chi connectivity index (χ0) is 16.7. The molecule has 0 saturated carbocycles. The third-order valence-electron chi connectivity index (χ3n) is 2.72. The quantitative estimate of drug-likeness (QED) is 0.735.